The van der Waals surface area contributed by atoms with Gasteiger partial charge in [0.05, 0.1) is 18.9 Å². The smallest absolute Gasteiger partial charge is 0.346 e. The van der Waals surface area contributed by atoms with E-state index in [1.807, 2.05) is 6.92 Å². The maximum Gasteiger partial charge on any atom is 0.346 e. The van der Waals surface area contributed by atoms with Crippen LogP contribution in [0.5, 0.6) is 0 Å². The van der Waals surface area contributed by atoms with Crippen molar-refractivity contribution in [2.24, 2.45) is 0 Å². The van der Waals surface area contributed by atoms with Crippen molar-refractivity contribution < 1.29 is 24.2 Å². The molecule has 9 heteroatoms. The number of aromatic carboxylic acids is 1. The van der Waals surface area contributed by atoms with Crippen LogP contribution >= 0.6 is 11.3 Å². The summed E-state index contributed by atoms with van der Waals surface area (Å²) in [6.07, 6.45) is 0.672. The highest BCUT2D eigenvalue weighted by Gasteiger charge is 2.31. The average Bonchev–Trinajstić information content (AvgIpc) is 3.09. The number of carbonyl (C=O) groups is 3. The van der Waals surface area contributed by atoms with Crippen molar-refractivity contribution in [1.29, 1.82) is 0 Å². The van der Waals surface area contributed by atoms with E-state index < -0.39 is 29.3 Å². The van der Waals surface area contributed by atoms with Crippen LogP contribution < -0.4 is 5.56 Å². The Morgan fingerprint density at radius 3 is 2.48 bits per heavy atom. The average molecular weight is 442 g/mol. The van der Waals surface area contributed by atoms with Gasteiger partial charge in [0.1, 0.15) is 21.6 Å². The summed E-state index contributed by atoms with van der Waals surface area (Å²) in [4.78, 5) is 55.5. The molecule has 0 bridgehead atoms. The molecule has 0 saturated carbocycles. The number of nitrogens with zero attached hydrogens (tertiary/aromatic N) is 2. The zero-order chi connectivity index (χ0) is 22.7. The monoisotopic (exact) mass is 442 g/mol. The summed E-state index contributed by atoms with van der Waals surface area (Å²) in [6, 6.07) is 7.22. The zero-order valence-corrected chi connectivity index (χ0v) is 18.2. The summed E-state index contributed by atoms with van der Waals surface area (Å²) < 4.78 is 6.01. The highest BCUT2D eigenvalue weighted by molar-refractivity contribution is 7.20. The summed E-state index contributed by atoms with van der Waals surface area (Å²) in [5.74, 6) is -1.87. The third kappa shape index (κ3) is 4.27. The van der Waals surface area contributed by atoms with Crippen LogP contribution in [-0.4, -0.2) is 39.5 Å². The Balaban J connectivity index is 2.31. The van der Waals surface area contributed by atoms with E-state index in [1.54, 1.807) is 37.3 Å². The number of esters is 1. The number of rotatable bonds is 8. The molecule has 2 aromatic heterocycles. The van der Waals surface area contributed by atoms with Crippen molar-refractivity contribution in [2.75, 3.05) is 7.11 Å². The van der Waals surface area contributed by atoms with Crippen LogP contribution in [0.3, 0.4) is 0 Å². The standard InChI is InChI=1S/C22H22N2O6S/c1-4-8-15-23-20-17(12(2)19(31-20)22(28)29)21(27)24(15)14(11-16(25)30-3)18(26)13-9-6-5-7-10-13/h5-7,9-10,14H,4,8,11H2,1-3H3,(H,28,29). The second-order valence-corrected chi connectivity index (χ2v) is 8.02. The molecule has 0 fully saturated rings. The number of methoxy groups -OCH3 is 1. The first kappa shape index (κ1) is 22.4. The summed E-state index contributed by atoms with van der Waals surface area (Å²) in [5, 5.41) is 9.61. The number of thiophene rings is 1. The Hall–Kier alpha value is -3.33. The highest BCUT2D eigenvalue weighted by atomic mass is 32.1. The van der Waals surface area contributed by atoms with Gasteiger partial charge in [0.15, 0.2) is 5.78 Å². The molecule has 0 aliphatic carbocycles. The molecule has 0 amide bonds. The first-order chi connectivity index (χ1) is 14.8. The lowest BCUT2D eigenvalue weighted by Crippen LogP contribution is -2.35. The van der Waals surface area contributed by atoms with E-state index in [2.05, 4.69) is 4.98 Å². The number of aryl methyl sites for hydroxylation is 2. The number of Topliss-reactive ketones (excluding diaryl/α,β-unsaturated/α-hetero) is 1. The van der Waals surface area contributed by atoms with Gasteiger partial charge in [0, 0.05) is 12.0 Å². The van der Waals surface area contributed by atoms with E-state index in [1.165, 1.54) is 11.7 Å². The number of hydrogen-bond donors (Lipinski definition) is 1. The molecule has 3 aromatic rings. The predicted molar refractivity (Wildman–Crippen MR) is 116 cm³/mol. The van der Waals surface area contributed by atoms with Crippen LogP contribution in [0.1, 0.15) is 57.2 Å². The second-order valence-electron chi connectivity index (χ2n) is 7.02. The molecule has 1 aromatic carbocycles. The molecule has 8 nitrogen and oxygen atoms in total. The lowest BCUT2D eigenvalue weighted by Gasteiger charge is -2.21. The summed E-state index contributed by atoms with van der Waals surface area (Å²) >= 11 is 0.929. The van der Waals surface area contributed by atoms with E-state index in [0.29, 0.717) is 34.6 Å². The summed E-state index contributed by atoms with van der Waals surface area (Å²) in [5.41, 5.74) is 0.109. The molecule has 162 valence electrons. The molecule has 3 rings (SSSR count). The van der Waals surface area contributed by atoms with Gasteiger partial charge in [-0.05, 0) is 18.9 Å². The minimum absolute atomic E-state index is 0.0266. The molecular formula is C22H22N2O6S. The van der Waals surface area contributed by atoms with Gasteiger partial charge in [0.25, 0.3) is 5.56 Å². The number of carboxylic acids is 1. The Kier molecular flexibility index (Phi) is 6.65. The zero-order valence-electron chi connectivity index (χ0n) is 17.4. The molecule has 0 aliphatic heterocycles. The third-order valence-corrected chi connectivity index (χ3v) is 6.17. The number of carbonyl (C=O) groups excluding carboxylic acids is 2. The lowest BCUT2D eigenvalue weighted by atomic mass is 10.0. The first-order valence-corrected chi connectivity index (χ1v) is 10.6. The lowest BCUT2D eigenvalue weighted by molar-refractivity contribution is -0.141. The van der Waals surface area contributed by atoms with Crippen molar-refractivity contribution in [2.45, 2.75) is 39.2 Å². The molecule has 0 aliphatic rings. The molecule has 0 radical (unpaired) electrons. The van der Waals surface area contributed by atoms with Gasteiger partial charge in [-0.3, -0.25) is 19.0 Å². The maximum atomic E-state index is 13.6. The van der Waals surface area contributed by atoms with Gasteiger partial charge < -0.3 is 9.84 Å². The van der Waals surface area contributed by atoms with E-state index >= 15 is 0 Å². The van der Waals surface area contributed by atoms with Crippen LogP contribution in [0, 0.1) is 6.92 Å². The quantitative estimate of drug-likeness (QED) is 0.420. The number of benzene rings is 1. The van der Waals surface area contributed by atoms with Crippen LogP contribution in [0.15, 0.2) is 35.1 Å². The Morgan fingerprint density at radius 2 is 1.90 bits per heavy atom. The molecule has 1 unspecified atom stereocenters. The minimum Gasteiger partial charge on any atom is -0.477 e. The predicted octanol–water partition coefficient (Wildman–Crippen LogP) is 3.40. The van der Waals surface area contributed by atoms with Crippen molar-refractivity contribution in [3.05, 3.63) is 62.5 Å². The normalized spacial score (nSPS) is 12.0. The molecule has 1 N–H and O–H groups in total. The van der Waals surface area contributed by atoms with Gasteiger partial charge in [-0.15, -0.1) is 11.3 Å². The van der Waals surface area contributed by atoms with Crippen LogP contribution in [0.25, 0.3) is 10.2 Å². The molecular weight excluding hydrogens is 420 g/mol. The van der Waals surface area contributed by atoms with E-state index in [0.717, 1.165) is 11.3 Å². The summed E-state index contributed by atoms with van der Waals surface area (Å²) in [6.45, 7) is 3.45. The maximum absolute atomic E-state index is 13.6. The fourth-order valence-electron chi connectivity index (χ4n) is 3.50. The topological polar surface area (TPSA) is 116 Å². The molecule has 2 heterocycles. The number of carboxylic acid groups (broad SMARTS) is 1. The number of aromatic nitrogens is 2. The summed E-state index contributed by atoms with van der Waals surface area (Å²) in [7, 11) is 1.21. The third-order valence-electron chi connectivity index (χ3n) is 5.00. The number of ether oxygens (including phenoxy) is 1. The van der Waals surface area contributed by atoms with Crippen LogP contribution in [0.4, 0.5) is 0 Å². The van der Waals surface area contributed by atoms with Gasteiger partial charge in [-0.1, -0.05) is 37.3 Å². The fraction of sp³-hybridized carbons (Fsp3) is 0.318. The van der Waals surface area contributed by atoms with Crippen molar-refractivity contribution in [3.8, 4) is 0 Å². The Morgan fingerprint density at radius 1 is 1.23 bits per heavy atom. The molecule has 0 spiro atoms. The number of hydrogen-bond acceptors (Lipinski definition) is 7. The Labute approximate surface area is 182 Å². The van der Waals surface area contributed by atoms with Crippen molar-refractivity contribution in [3.63, 3.8) is 0 Å². The van der Waals surface area contributed by atoms with Gasteiger partial charge in [-0.25, -0.2) is 9.78 Å². The molecule has 1 atom stereocenters. The van der Waals surface area contributed by atoms with E-state index in [-0.39, 0.29) is 16.7 Å². The first-order valence-electron chi connectivity index (χ1n) is 9.74. The van der Waals surface area contributed by atoms with E-state index in [9.17, 15) is 24.3 Å². The van der Waals surface area contributed by atoms with E-state index in [4.69, 9.17) is 4.74 Å². The van der Waals surface area contributed by atoms with Crippen molar-refractivity contribution in [1.82, 2.24) is 9.55 Å². The largest absolute Gasteiger partial charge is 0.477 e. The fourth-order valence-corrected chi connectivity index (χ4v) is 4.53. The van der Waals surface area contributed by atoms with Gasteiger partial charge >= 0.3 is 11.9 Å². The Bertz CT molecular complexity index is 1210. The number of ketones is 1. The van der Waals surface area contributed by atoms with Gasteiger partial charge in [0.2, 0.25) is 0 Å². The second kappa shape index (κ2) is 9.22. The van der Waals surface area contributed by atoms with Crippen LogP contribution in [-0.2, 0) is 16.0 Å². The van der Waals surface area contributed by atoms with Gasteiger partial charge in [-0.2, -0.15) is 0 Å². The van der Waals surface area contributed by atoms with Crippen LogP contribution in [0.2, 0.25) is 0 Å². The highest BCUT2D eigenvalue weighted by Crippen LogP contribution is 2.29. The minimum atomic E-state index is -1.16. The number of fused-ring (bicyclic) bond motifs is 1. The van der Waals surface area contributed by atoms with Crippen molar-refractivity contribution >= 4 is 39.3 Å². The molecule has 0 saturated heterocycles. The SMILES string of the molecule is CCCc1nc2sc(C(=O)O)c(C)c2c(=O)n1C(CC(=O)OC)C(=O)c1ccccc1. The molecule has 31 heavy (non-hydrogen) atoms.